The van der Waals surface area contributed by atoms with Crippen LogP contribution < -0.4 is 5.32 Å². The molecule has 7 heteroatoms. The van der Waals surface area contributed by atoms with Gasteiger partial charge in [0.05, 0.1) is 0 Å². The molecule has 1 amide bonds. The van der Waals surface area contributed by atoms with Gasteiger partial charge in [-0.05, 0) is 12.8 Å². The van der Waals surface area contributed by atoms with Gasteiger partial charge < -0.3 is 4.84 Å². The predicted octanol–water partition coefficient (Wildman–Crippen LogP) is 1.13. The minimum Gasteiger partial charge on any atom is -0.395 e. The lowest BCUT2D eigenvalue weighted by atomic mass is 10.3. The fourth-order valence-corrected chi connectivity index (χ4v) is 2.07. The Morgan fingerprint density at radius 3 is 3.06 bits per heavy atom. The summed E-state index contributed by atoms with van der Waals surface area (Å²) in [5, 5.41) is 6.87. The number of carbonyl (C=O) groups is 1. The summed E-state index contributed by atoms with van der Waals surface area (Å²) in [6.07, 6.45) is 2.87. The van der Waals surface area contributed by atoms with Crippen molar-refractivity contribution in [1.29, 1.82) is 0 Å². The number of aromatic nitrogens is 2. The van der Waals surface area contributed by atoms with Crippen LogP contribution in [0.4, 0.5) is 5.13 Å². The molecule has 2 heterocycles. The third-order valence-electron chi connectivity index (χ3n) is 2.47. The Morgan fingerprint density at radius 1 is 1.50 bits per heavy atom. The number of nitrogens with one attached hydrogen (secondary N) is 1. The van der Waals surface area contributed by atoms with E-state index in [0.717, 1.165) is 18.7 Å². The van der Waals surface area contributed by atoms with E-state index in [9.17, 15) is 4.79 Å². The van der Waals surface area contributed by atoms with Crippen LogP contribution in [-0.4, -0.2) is 27.6 Å². The van der Waals surface area contributed by atoms with Crippen LogP contribution in [0.2, 0.25) is 0 Å². The second kappa shape index (κ2) is 3.82. The number of hydrogen-bond donors (Lipinski definition) is 1. The van der Waals surface area contributed by atoms with E-state index in [1.165, 1.54) is 11.5 Å². The lowest BCUT2D eigenvalue weighted by Gasteiger charge is -1.97. The Labute approximate surface area is 95.9 Å². The molecule has 0 atom stereocenters. The highest BCUT2D eigenvalue weighted by Gasteiger charge is 2.28. The summed E-state index contributed by atoms with van der Waals surface area (Å²) in [4.78, 5) is 20.7. The van der Waals surface area contributed by atoms with E-state index >= 15 is 0 Å². The minimum atomic E-state index is -0.240. The highest BCUT2D eigenvalue weighted by atomic mass is 32.1. The van der Waals surface area contributed by atoms with Crippen molar-refractivity contribution in [1.82, 2.24) is 9.36 Å². The topological polar surface area (TPSA) is 76.5 Å². The summed E-state index contributed by atoms with van der Waals surface area (Å²) >= 11 is 1.22. The van der Waals surface area contributed by atoms with Gasteiger partial charge in [0.15, 0.2) is 0 Å². The van der Waals surface area contributed by atoms with Crippen molar-refractivity contribution >= 4 is 28.3 Å². The molecule has 1 aromatic rings. The second-order valence-electron chi connectivity index (χ2n) is 3.81. The van der Waals surface area contributed by atoms with Gasteiger partial charge in [-0.25, -0.2) is 4.98 Å². The van der Waals surface area contributed by atoms with Crippen LogP contribution in [0, 0.1) is 0 Å². The highest BCUT2D eigenvalue weighted by Crippen LogP contribution is 2.39. The SMILES string of the molecule is O=C(Nc1nc(C2CC2)ns1)C1=NOCC1. The van der Waals surface area contributed by atoms with Crippen molar-refractivity contribution in [3.63, 3.8) is 0 Å². The van der Waals surface area contributed by atoms with Crippen LogP contribution in [0.15, 0.2) is 5.16 Å². The van der Waals surface area contributed by atoms with E-state index in [4.69, 9.17) is 4.84 Å². The van der Waals surface area contributed by atoms with Crippen molar-refractivity contribution in [3.8, 4) is 0 Å². The van der Waals surface area contributed by atoms with Gasteiger partial charge in [-0.1, -0.05) is 5.16 Å². The number of amides is 1. The van der Waals surface area contributed by atoms with Crippen molar-refractivity contribution < 1.29 is 9.63 Å². The summed E-state index contributed by atoms with van der Waals surface area (Å²) < 4.78 is 4.20. The normalized spacial score (nSPS) is 19.1. The third-order valence-corrected chi connectivity index (χ3v) is 3.12. The molecular formula is C9H10N4O2S. The van der Waals surface area contributed by atoms with Crippen molar-refractivity contribution in [2.24, 2.45) is 5.16 Å². The molecule has 0 spiro atoms. The van der Waals surface area contributed by atoms with Crippen LogP contribution >= 0.6 is 11.5 Å². The molecule has 1 saturated carbocycles. The number of oxime groups is 1. The van der Waals surface area contributed by atoms with Crippen LogP contribution in [0.3, 0.4) is 0 Å². The fourth-order valence-electron chi connectivity index (χ4n) is 1.43. The Morgan fingerprint density at radius 2 is 2.38 bits per heavy atom. The van der Waals surface area contributed by atoms with Crippen LogP contribution in [0.5, 0.6) is 0 Å². The molecule has 2 aliphatic rings. The van der Waals surface area contributed by atoms with E-state index in [0.29, 0.717) is 29.8 Å². The van der Waals surface area contributed by atoms with Gasteiger partial charge in [-0.3, -0.25) is 10.1 Å². The zero-order valence-electron chi connectivity index (χ0n) is 8.47. The molecule has 1 N–H and O–H groups in total. The third kappa shape index (κ3) is 1.90. The maximum atomic E-state index is 11.6. The average molecular weight is 238 g/mol. The zero-order chi connectivity index (χ0) is 11.0. The summed E-state index contributed by atoms with van der Waals surface area (Å²) in [5.74, 6) is 1.12. The molecule has 84 valence electrons. The monoisotopic (exact) mass is 238 g/mol. The molecule has 0 radical (unpaired) electrons. The molecule has 0 saturated heterocycles. The molecule has 1 aliphatic carbocycles. The summed E-state index contributed by atoms with van der Waals surface area (Å²) in [5.41, 5.74) is 0.420. The smallest absolute Gasteiger partial charge is 0.275 e. The first-order valence-corrected chi connectivity index (χ1v) is 5.94. The molecule has 1 aromatic heterocycles. The predicted molar refractivity (Wildman–Crippen MR) is 58.5 cm³/mol. The number of nitrogens with zero attached hydrogens (tertiary/aromatic N) is 3. The first kappa shape index (κ1) is 9.71. The Bertz CT molecular complexity index is 452. The van der Waals surface area contributed by atoms with Gasteiger partial charge in [0, 0.05) is 23.9 Å². The maximum absolute atomic E-state index is 11.6. The molecule has 0 bridgehead atoms. The van der Waals surface area contributed by atoms with Gasteiger partial charge in [0.1, 0.15) is 18.1 Å². The van der Waals surface area contributed by atoms with Gasteiger partial charge in [-0.15, -0.1) is 0 Å². The minimum absolute atomic E-state index is 0.240. The molecular weight excluding hydrogens is 228 g/mol. The Hall–Kier alpha value is -1.50. The summed E-state index contributed by atoms with van der Waals surface area (Å²) in [6.45, 7) is 0.478. The Kier molecular flexibility index (Phi) is 2.32. The van der Waals surface area contributed by atoms with E-state index in [-0.39, 0.29) is 5.91 Å². The largest absolute Gasteiger partial charge is 0.395 e. The molecule has 6 nitrogen and oxygen atoms in total. The fraction of sp³-hybridized carbons (Fsp3) is 0.556. The van der Waals surface area contributed by atoms with E-state index in [1.54, 1.807) is 0 Å². The summed E-state index contributed by atoms with van der Waals surface area (Å²) in [6, 6.07) is 0. The first-order valence-electron chi connectivity index (χ1n) is 5.17. The molecule has 1 fully saturated rings. The quantitative estimate of drug-likeness (QED) is 0.856. The van der Waals surface area contributed by atoms with Crippen molar-refractivity contribution in [2.75, 3.05) is 11.9 Å². The number of anilines is 1. The van der Waals surface area contributed by atoms with Crippen LogP contribution in [0.25, 0.3) is 0 Å². The number of rotatable bonds is 3. The van der Waals surface area contributed by atoms with Crippen molar-refractivity contribution in [3.05, 3.63) is 5.82 Å². The van der Waals surface area contributed by atoms with Crippen LogP contribution in [0.1, 0.15) is 31.0 Å². The van der Waals surface area contributed by atoms with Gasteiger partial charge in [0.2, 0.25) is 5.13 Å². The van der Waals surface area contributed by atoms with Crippen molar-refractivity contribution in [2.45, 2.75) is 25.2 Å². The van der Waals surface area contributed by atoms with Gasteiger partial charge >= 0.3 is 0 Å². The second-order valence-corrected chi connectivity index (χ2v) is 4.56. The number of hydrogen-bond acceptors (Lipinski definition) is 6. The van der Waals surface area contributed by atoms with E-state index in [1.807, 2.05) is 0 Å². The molecule has 1 aliphatic heterocycles. The highest BCUT2D eigenvalue weighted by molar-refractivity contribution is 7.10. The summed E-state index contributed by atoms with van der Waals surface area (Å²) in [7, 11) is 0. The molecule has 0 unspecified atom stereocenters. The average Bonchev–Trinajstić information content (AvgIpc) is 2.82. The lowest BCUT2D eigenvalue weighted by Crippen LogP contribution is -2.21. The molecule has 0 aromatic carbocycles. The van der Waals surface area contributed by atoms with Gasteiger partial charge in [-0.2, -0.15) is 4.37 Å². The van der Waals surface area contributed by atoms with E-state index < -0.39 is 0 Å². The van der Waals surface area contributed by atoms with Gasteiger partial charge in [0.25, 0.3) is 5.91 Å². The van der Waals surface area contributed by atoms with E-state index in [2.05, 4.69) is 19.8 Å². The standard InChI is InChI=1S/C9H10N4O2S/c14-8(6-3-4-15-12-6)11-9-10-7(13-16-9)5-1-2-5/h5H,1-4H2,(H,10,11,13,14). The lowest BCUT2D eigenvalue weighted by molar-refractivity contribution is -0.110. The molecule has 16 heavy (non-hydrogen) atoms. The maximum Gasteiger partial charge on any atom is 0.275 e. The Balaban J connectivity index is 1.66. The first-order chi connectivity index (χ1) is 7.83. The number of carbonyl (C=O) groups excluding carboxylic acids is 1. The van der Waals surface area contributed by atoms with Crippen LogP contribution in [-0.2, 0) is 9.63 Å². The molecule has 3 rings (SSSR count). The zero-order valence-corrected chi connectivity index (χ0v) is 9.29.